The molecule has 2 aromatic rings. The molecule has 5 heteroatoms. The number of hydrogen-bond acceptors (Lipinski definition) is 3. The molecule has 0 aliphatic heterocycles. The van der Waals surface area contributed by atoms with Crippen LogP contribution in [-0.4, -0.2) is 27.9 Å². The van der Waals surface area contributed by atoms with Gasteiger partial charge in [0, 0.05) is 11.1 Å². The Hall–Kier alpha value is -2.95. The van der Waals surface area contributed by atoms with Crippen molar-refractivity contribution < 1.29 is 24.6 Å². The van der Waals surface area contributed by atoms with Crippen molar-refractivity contribution >= 4 is 17.7 Å². The van der Waals surface area contributed by atoms with Gasteiger partial charge in [-0.3, -0.25) is 4.79 Å². The number of carboxylic acid groups (broad SMARTS) is 2. The molecule has 2 rings (SSSR count). The van der Waals surface area contributed by atoms with Gasteiger partial charge in [-0.25, -0.2) is 9.59 Å². The maximum atomic E-state index is 12.4. The largest absolute Gasteiger partial charge is 0.478 e. The lowest BCUT2D eigenvalue weighted by Crippen LogP contribution is -2.11. The normalized spacial score (nSPS) is 10.1. The summed E-state index contributed by atoms with van der Waals surface area (Å²) < 4.78 is 0. The van der Waals surface area contributed by atoms with Crippen molar-refractivity contribution in [2.75, 3.05) is 0 Å². The molecule has 0 saturated carbocycles. The Morgan fingerprint density at radius 3 is 2.00 bits per heavy atom. The van der Waals surface area contributed by atoms with Gasteiger partial charge in [0.2, 0.25) is 0 Å². The number of carbonyl (C=O) groups is 3. The second kappa shape index (κ2) is 5.58. The first kappa shape index (κ1) is 14.5. The Morgan fingerprint density at radius 2 is 1.43 bits per heavy atom. The summed E-state index contributed by atoms with van der Waals surface area (Å²) in [7, 11) is 0. The van der Waals surface area contributed by atoms with Gasteiger partial charge in [-0.2, -0.15) is 0 Å². The summed E-state index contributed by atoms with van der Waals surface area (Å²) >= 11 is 0. The van der Waals surface area contributed by atoms with Gasteiger partial charge in [-0.05, 0) is 24.6 Å². The first-order valence-electron chi connectivity index (χ1n) is 6.12. The van der Waals surface area contributed by atoms with Crippen LogP contribution in [0.4, 0.5) is 0 Å². The van der Waals surface area contributed by atoms with Gasteiger partial charge in [0.25, 0.3) is 0 Å². The minimum Gasteiger partial charge on any atom is -0.478 e. The van der Waals surface area contributed by atoms with Gasteiger partial charge in [-0.15, -0.1) is 0 Å². The Labute approximate surface area is 120 Å². The Morgan fingerprint density at radius 1 is 0.810 bits per heavy atom. The lowest BCUT2D eigenvalue weighted by Gasteiger charge is -2.07. The lowest BCUT2D eigenvalue weighted by molar-refractivity contribution is 0.0651. The Kier molecular flexibility index (Phi) is 3.84. The fourth-order valence-corrected chi connectivity index (χ4v) is 2.03. The number of carboxylic acids is 2. The molecule has 0 aromatic heterocycles. The van der Waals surface area contributed by atoms with Crippen LogP contribution in [0.25, 0.3) is 0 Å². The molecule has 2 aromatic carbocycles. The molecule has 2 N–H and O–H groups in total. The molecule has 0 heterocycles. The highest BCUT2D eigenvalue weighted by atomic mass is 16.4. The minimum atomic E-state index is -1.38. The Balaban J connectivity index is 2.53. The highest BCUT2D eigenvalue weighted by molar-refractivity contribution is 6.12. The predicted octanol–water partition coefficient (Wildman–Crippen LogP) is 2.62. The molecule has 0 amide bonds. The SMILES string of the molecule is Cc1ccccc1C(=O)c1ccc(C(=O)O)c(C(=O)O)c1. The van der Waals surface area contributed by atoms with Crippen molar-refractivity contribution in [1.29, 1.82) is 0 Å². The van der Waals surface area contributed by atoms with E-state index in [9.17, 15) is 14.4 Å². The molecule has 0 aliphatic carbocycles. The number of hydrogen-bond donors (Lipinski definition) is 2. The molecular formula is C16H12O5. The van der Waals surface area contributed by atoms with E-state index >= 15 is 0 Å². The quantitative estimate of drug-likeness (QED) is 0.842. The summed E-state index contributed by atoms with van der Waals surface area (Å²) in [4.78, 5) is 34.5. The molecule has 0 aliphatic rings. The molecule has 0 atom stereocenters. The maximum Gasteiger partial charge on any atom is 0.336 e. The molecule has 0 unspecified atom stereocenters. The summed E-state index contributed by atoms with van der Waals surface area (Å²) in [5.41, 5.74) is 0.621. The first-order valence-corrected chi connectivity index (χ1v) is 6.12. The molecule has 0 saturated heterocycles. The molecule has 0 bridgehead atoms. The monoisotopic (exact) mass is 284 g/mol. The fourth-order valence-electron chi connectivity index (χ4n) is 2.03. The van der Waals surface area contributed by atoms with Crippen molar-refractivity contribution in [2.24, 2.45) is 0 Å². The first-order chi connectivity index (χ1) is 9.91. The minimum absolute atomic E-state index is 0.145. The van der Waals surface area contributed by atoms with E-state index in [0.29, 0.717) is 5.56 Å². The number of aromatic carboxylic acids is 2. The van der Waals surface area contributed by atoms with Crippen molar-refractivity contribution in [3.63, 3.8) is 0 Å². The highest BCUT2D eigenvalue weighted by Gasteiger charge is 2.19. The van der Waals surface area contributed by atoms with E-state index in [0.717, 1.165) is 17.7 Å². The zero-order chi connectivity index (χ0) is 15.6. The fraction of sp³-hybridized carbons (Fsp3) is 0.0625. The third kappa shape index (κ3) is 2.81. The van der Waals surface area contributed by atoms with Crippen molar-refractivity contribution in [2.45, 2.75) is 6.92 Å². The van der Waals surface area contributed by atoms with Crippen molar-refractivity contribution in [3.05, 3.63) is 70.3 Å². The average Bonchev–Trinajstić information content (AvgIpc) is 2.46. The van der Waals surface area contributed by atoms with Crippen molar-refractivity contribution in [1.82, 2.24) is 0 Å². The van der Waals surface area contributed by atoms with Crippen molar-refractivity contribution in [3.8, 4) is 0 Å². The second-order valence-corrected chi connectivity index (χ2v) is 4.51. The topological polar surface area (TPSA) is 91.7 Å². The molecule has 0 radical (unpaired) electrons. The van der Waals surface area contributed by atoms with Crippen LogP contribution >= 0.6 is 0 Å². The summed E-state index contributed by atoms with van der Waals surface area (Å²) in [6, 6.07) is 10.5. The summed E-state index contributed by atoms with van der Waals surface area (Å²) in [6.45, 7) is 1.77. The van der Waals surface area contributed by atoms with Gasteiger partial charge < -0.3 is 10.2 Å². The van der Waals surface area contributed by atoms with Crippen LogP contribution in [0, 0.1) is 6.92 Å². The van der Waals surface area contributed by atoms with E-state index in [1.807, 2.05) is 0 Å². The molecule has 0 fully saturated rings. The van der Waals surface area contributed by atoms with Gasteiger partial charge in [0.05, 0.1) is 11.1 Å². The van der Waals surface area contributed by atoms with E-state index in [1.165, 1.54) is 6.07 Å². The van der Waals surface area contributed by atoms with Crippen LogP contribution in [0.2, 0.25) is 0 Å². The zero-order valence-corrected chi connectivity index (χ0v) is 11.2. The smallest absolute Gasteiger partial charge is 0.336 e. The number of carbonyl (C=O) groups excluding carboxylic acids is 1. The number of benzene rings is 2. The number of aryl methyl sites for hydroxylation is 1. The third-order valence-electron chi connectivity index (χ3n) is 3.13. The highest BCUT2D eigenvalue weighted by Crippen LogP contribution is 2.18. The number of rotatable bonds is 4. The van der Waals surface area contributed by atoms with Crippen LogP contribution < -0.4 is 0 Å². The molecule has 106 valence electrons. The van der Waals surface area contributed by atoms with Crippen LogP contribution in [-0.2, 0) is 0 Å². The van der Waals surface area contributed by atoms with Gasteiger partial charge in [0.15, 0.2) is 5.78 Å². The summed E-state index contributed by atoms with van der Waals surface area (Å²) in [6.07, 6.45) is 0. The van der Waals surface area contributed by atoms with Crippen LogP contribution in [0.5, 0.6) is 0 Å². The van der Waals surface area contributed by atoms with Crippen LogP contribution in [0.1, 0.15) is 42.2 Å². The number of ketones is 1. The van der Waals surface area contributed by atoms with E-state index in [-0.39, 0.29) is 16.9 Å². The third-order valence-corrected chi connectivity index (χ3v) is 3.13. The second-order valence-electron chi connectivity index (χ2n) is 4.51. The molecule has 5 nitrogen and oxygen atoms in total. The zero-order valence-electron chi connectivity index (χ0n) is 11.2. The van der Waals surface area contributed by atoms with E-state index in [4.69, 9.17) is 10.2 Å². The van der Waals surface area contributed by atoms with Crippen LogP contribution in [0.15, 0.2) is 42.5 Å². The van der Waals surface area contributed by atoms with Gasteiger partial charge in [-0.1, -0.05) is 30.3 Å². The summed E-state index contributed by atoms with van der Waals surface area (Å²) in [5, 5.41) is 18.0. The van der Waals surface area contributed by atoms with E-state index in [1.54, 1.807) is 31.2 Å². The van der Waals surface area contributed by atoms with Gasteiger partial charge in [0.1, 0.15) is 0 Å². The maximum absolute atomic E-state index is 12.4. The lowest BCUT2D eigenvalue weighted by atomic mass is 9.96. The summed E-state index contributed by atoms with van der Waals surface area (Å²) in [5.74, 6) is -3.07. The van der Waals surface area contributed by atoms with Crippen LogP contribution in [0.3, 0.4) is 0 Å². The predicted molar refractivity (Wildman–Crippen MR) is 75.0 cm³/mol. The Bertz CT molecular complexity index is 746. The van der Waals surface area contributed by atoms with E-state index < -0.39 is 17.5 Å². The standard InChI is InChI=1S/C16H12O5/c1-9-4-2-3-5-11(9)14(17)10-6-7-12(15(18)19)13(8-10)16(20)21/h2-8H,1H3,(H,18,19)(H,20,21). The average molecular weight is 284 g/mol. The van der Waals surface area contributed by atoms with Gasteiger partial charge >= 0.3 is 11.9 Å². The van der Waals surface area contributed by atoms with E-state index in [2.05, 4.69) is 0 Å². The molecule has 0 spiro atoms. The molecular weight excluding hydrogens is 272 g/mol. The molecule has 21 heavy (non-hydrogen) atoms.